The molecule has 33 heavy (non-hydrogen) atoms. The normalized spacial score (nSPS) is 38.0. The van der Waals surface area contributed by atoms with Crippen molar-refractivity contribution in [3.05, 3.63) is 35.9 Å². The Balaban J connectivity index is 1.59. The topological polar surface area (TPSA) is 113 Å². The van der Waals surface area contributed by atoms with Crippen LogP contribution >= 0.6 is 0 Å². The van der Waals surface area contributed by atoms with Crippen LogP contribution in [0.15, 0.2) is 30.3 Å². The van der Waals surface area contributed by atoms with Gasteiger partial charge in [-0.1, -0.05) is 37.3 Å². The molecule has 4 fully saturated rings. The number of imide groups is 1. The number of aliphatic hydroxyl groups is 1. The first-order chi connectivity index (χ1) is 15.4. The van der Waals surface area contributed by atoms with Gasteiger partial charge in [-0.15, -0.1) is 0 Å². The summed E-state index contributed by atoms with van der Waals surface area (Å²) in [5.41, 5.74) is -1.22. The van der Waals surface area contributed by atoms with Crippen LogP contribution in [0.25, 0.3) is 0 Å². The van der Waals surface area contributed by atoms with Gasteiger partial charge in [0.25, 0.3) is 5.79 Å². The molecule has 1 N–H and O–H groups in total. The average molecular weight is 463 g/mol. The molecule has 10 nitrogen and oxygen atoms in total. The van der Waals surface area contributed by atoms with Crippen LogP contribution in [0, 0.1) is 5.92 Å². The molecule has 0 aromatic heterocycles. The Kier molecular flexibility index (Phi) is 4.96. The van der Waals surface area contributed by atoms with Crippen molar-refractivity contribution in [2.45, 2.75) is 76.0 Å². The van der Waals surface area contributed by atoms with E-state index in [2.05, 4.69) is 0 Å². The molecule has 0 radical (unpaired) electrons. The minimum absolute atomic E-state index is 0.146. The fraction of sp³-hybridized carbons (Fsp3) is 0.652. The van der Waals surface area contributed by atoms with Gasteiger partial charge in [0.05, 0.1) is 18.6 Å². The number of rotatable bonds is 3. The van der Waals surface area contributed by atoms with Crippen molar-refractivity contribution in [2.24, 2.45) is 5.92 Å². The van der Waals surface area contributed by atoms with E-state index in [-0.39, 0.29) is 13.2 Å². The second-order valence-corrected chi connectivity index (χ2v) is 9.83. The van der Waals surface area contributed by atoms with E-state index in [0.717, 1.165) is 4.90 Å². The maximum absolute atomic E-state index is 13.8. The number of ether oxygens (including phenoxy) is 6. The summed E-state index contributed by atoms with van der Waals surface area (Å²) in [6.45, 7) is 8.20. The highest BCUT2D eigenvalue weighted by atomic mass is 16.9. The minimum Gasteiger partial charge on any atom is -0.443 e. The first kappa shape index (κ1) is 22.7. The van der Waals surface area contributed by atoms with E-state index in [0.29, 0.717) is 5.56 Å². The van der Waals surface area contributed by atoms with Crippen molar-refractivity contribution in [2.75, 3.05) is 13.2 Å². The third-order valence-corrected chi connectivity index (χ3v) is 6.55. The van der Waals surface area contributed by atoms with Gasteiger partial charge in [-0.05, 0) is 33.3 Å². The molecular formula is C23H29NO9. The summed E-state index contributed by atoms with van der Waals surface area (Å²) >= 11 is 0. The molecule has 0 aliphatic carbocycles. The van der Waals surface area contributed by atoms with E-state index in [4.69, 9.17) is 28.4 Å². The van der Waals surface area contributed by atoms with Crippen LogP contribution < -0.4 is 0 Å². The molecule has 10 heteroatoms. The van der Waals surface area contributed by atoms with E-state index >= 15 is 0 Å². The Labute approximate surface area is 191 Å². The van der Waals surface area contributed by atoms with Crippen molar-refractivity contribution < 1.29 is 43.1 Å². The second kappa shape index (κ2) is 7.21. The number of amides is 2. The monoisotopic (exact) mass is 463 g/mol. The number of hydrogen-bond donors (Lipinski definition) is 1. The molecule has 2 amide bonds. The van der Waals surface area contributed by atoms with Crippen LogP contribution in [0.3, 0.4) is 0 Å². The lowest BCUT2D eigenvalue weighted by Gasteiger charge is -2.49. The number of fused-ring (bicyclic) bond motifs is 1. The maximum atomic E-state index is 13.8. The molecule has 1 aromatic rings. The predicted molar refractivity (Wildman–Crippen MR) is 110 cm³/mol. The van der Waals surface area contributed by atoms with E-state index in [1.54, 1.807) is 58.9 Å². The summed E-state index contributed by atoms with van der Waals surface area (Å²) in [5.74, 6) is -5.55. The molecular weight excluding hydrogens is 434 g/mol. The van der Waals surface area contributed by atoms with Crippen molar-refractivity contribution in [3.8, 4) is 0 Å². The number of hydrogen-bond acceptors (Lipinski definition) is 9. The Morgan fingerprint density at radius 1 is 1.09 bits per heavy atom. The van der Waals surface area contributed by atoms with Crippen LogP contribution in [-0.4, -0.2) is 70.5 Å². The van der Waals surface area contributed by atoms with Gasteiger partial charge >= 0.3 is 6.09 Å². The van der Waals surface area contributed by atoms with Crippen molar-refractivity contribution in [1.29, 1.82) is 0 Å². The maximum Gasteiger partial charge on any atom is 0.419 e. The Bertz CT molecular complexity index is 966. The highest BCUT2D eigenvalue weighted by Crippen LogP contribution is 2.59. The molecule has 4 saturated heterocycles. The molecule has 4 aliphatic rings. The fourth-order valence-electron chi connectivity index (χ4n) is 5.18. The summed E-state index contributed by atoms with van der Waals surface area (Å²) in [4.78, 5) is 27.9. The molecule has 0 unspecified atom stereocenters. The van der Waals surface area contributed by atoms with Gasteiger partial charge in [0.15, 0.2) is 18.2 Å². The summed E-state index contributed by atoms with van der Waals surface area (Å²) in [7, 11) is 0. The Morgan fingerprint density at radius 2 is 1.79 bits per heavy atom. The Morgan fingerprint density at radius 3 is 2.48 bits per heavy atom. The van der Waals surface area contributed by atoms with Gasteiger partial charge in [-0.3, -0.25) is 4.79 Å². The molecule has 0 bridgehead atoms. The third-order valence-electron chi connectivity index (χ3n) is 6.55. The second-order valence-electron chi connectivity index (χ2n) is 9.83. The molecule has 4 aliphatic heterocycles. The molecule has 0 saturated carbocycles. The van der Waals surface area contributed by atoms with Crippen LogP contribution in [0.4, 0.5) is 4.79 Å². The quantitative estimate of drug-likeness (QED) is 0.720. The average Bonchev–Trinajstić information content (AvgIpc) is 3.15. The van der Waals surface area contributed by atoms with Crippen molar-refractivity contribution in [1.82, 2.24) is 4.90 Å². The number of nitrogens with zero attached hydrogens (tertiary/aromatic N) is 1. The van der Waals surface area contributed by atoms with Crippen LogP contribution in [0.1, 0.15) is 46.3 Å². The SMILES string of the molecule is C[C@H](C(=O)N1C(=O)OC[C@@]23O[C@H]4COC(C)(C)O[C@H]4[C@]12OC(C)(C)O3)[C@H](O)c1ccccc1. The summed E-state index contributed by atoms with van der Waals surface area (Å²) in [6, 6.07) is 8.76. The van der Waals surface area contributed by atoms with Gasteiger partial charge in [0, 0.05) is 0 Å². The predicted octanol–water partition coefficient (Wildman–Crippen LogP) is 2.06. The summed E-state index contributed by atoms with van der Waals surface area (Å²) in [6.07, 6.45) is -3.66. The lowest BCUT2D eigenvalue weighted by molar-refractivity contribution is -0.337. The molecule has 6 atom stereocenters. The van der Waals surface area contributed by atoms with E-state index in [1.807, 2.05) is 6.07 Å². The van der Waals surface area contributed by atoms with E-state index < -0.39 is 59.3 Å². The minimum atomic E-state index is -1.76. The summed E-state index contributed by atoms with van der Waals surface area (Å²) < 4.78 is 36.0. The van der Waals surface area contributed by atoms with Crippen LogP contribution in [0.2, 0.25) is 0 Å². The first-order valence-corrected chi connectivity index (χ1v) is 11.1. The molecule has 180 valence electrons. The zero-order chi connectivity index (χ0) is 23.8. The van der Waals surface area contributed by atoms with Crippen molar-refractivity contribution >= 4 is 12.0 Å². The molecule has 4 heterocycles. The number of benzene rings is 1. The van der Waals surface area contributed by atoms with E-state index in [1.165, 1.54) is 0 Å². The first-order valence-electron chi connectivity index (χ1n) is 11.1. The zero-order valence-electron chi connectivity index (χ0n) is 19.3. The lowest BCUT2D eigenvalue weighted by Crippen LogP contribution is -2.75. The standard InChI is InChI=1S/C23H29NO9/c1-13(16(25)14-9-7-6-8-10-14)18(26)24-19(27)28-12-22-23(24,33-21(4,5)32-22)17-15(30-22)11-29-20(2,3)31-17/h6-10,13,15-17,25H,11-12H2,1-5H3/t13-,15-,16-,17+,22-,23+/m0/s1. The molecule has 1 aromatic carbocycles. The highest BCUT2D eigenvalue weighted by molar-refractivity contribution is 5.95. The molecule has 5 rings (SSSR count). The smallest absolute Gasteiger partial charge is 0.419 e. The lowest BCUT2D eigenvalue weighted by atomic mass is 9.90. The van der Waals surface area contributed by atoms with Gasteiger partial charge < -0.3 is 33.5 Å². The third kappa shape index (κ3) is 3.23. The van der Waals surface area contributed by atoms with Crippen molar-refractivity contribution in [3.63, 3.8) is 0 Å². The molecule has 0 spiro atoms. The van der Waals surface area contributed by atoms with Gasteiger partial charge in [-0.25, -0.2) is 9.69 Å². The number of carbonyl (C=O) groups is 2. The van der Waals surface area contributed by atoms with Gasteiger partial charge in [0.2, 0.25) is 11.6 Å². The highest BCUT2D eigenvalue weighted by Gasteiger charge is 2.83. The number of carbonyl (C=O) groups excluding carboxylic acids is 2. The largest absolute Gasteiger partial charge is 0.443 e. The van der Waals surface area contributed by atoms with E-state index in [9.17, 15) is 14.7 Å². The van der Waals surface area contributed by atoms with Gasteiger partial charge in [0.1, 0.15) is 12.2 Å². The number of cyclic esters (lactones) is 1. The number of aliphatic hydroxyl groups excluding tert-OH is 1. The van der Waals surface area contributed by atoms with Crippen LogP contribution in [-0.2, 0) is 33.2 Å². The van der Waals surface area contributed by atoms with Gasteiger partial charge in [-0.2, -0.15) is 0 Å². The van der Waals surface area contributed by atoms with Crippen LogP contribution in [0.5, 0.6) is 0 Å². The Hall–Kier alpha value is -2.08. The summed E-state index contributed by atoms with van der Waals surface area (Å²) in [5, 5.41) is 10.9. The fourth-order valence-corrected chi connectivity index (χ4v) is 5.18. The zero-order valence-corrected chi connectivity index (χ0v) is 19.3.